The molecule has 4 rings (SSSR count). The van der Waals surface area contributed by atoms with Gasteiger partial charge in [-0.05, 0) is 36.1 Å². The van der Waals surface area contributed by atoms with E-state index < -0.39 is 0 Å². The average Bonchev–Trinajstić information content (AvgIpc) is 2.51. The van der Waals surface area contributed by atoms with Gasteiger partial charge in [-0.25, -0.2) is 0 Å². The van der Waals surface area contributed by atoms with Crippen LogP contribution in [0.4, 0.5) is 0 Å². The van der Waals surface area contributed by atoms with Crippen molar-refractivity contribution in [3.63, 3.8) is 0 Å². The molecule has 1 aromatic carbocycles. The van der Waals surface area contributed by atoms with Gasteiger partial charge in [0.1, 0.15) is 0 Å². The van der Waals surface area contributed by atoms with Crippen LogP contribution in [0.1, 0.15) is 23.6 Å². The molecule has 0 spiro atoms. The molecule has 1 fully saturated rings. The van der Waals surface area contributed by atoms with Gasteiger partial charge in [-0.3, -0.25) is 9.69 Å². The van der Waals surface area contributed by atoms with Crippen molar-refractivity contribution in [1.82, 2.24) is 9.47 Å². The Bertz CT molecular complexity index is 802. The maximum atomic E-state index is 12.1. The molecule has 2 aliphatic rings. The Kier molecular flexibility index (Phi) is 3.96. The van der Waals surface area contributed by atoms with E-state index in [1.165, 1.54) is 12.1 Å². The normalized spacial score (nSPS) is 23.6. The number of piperidine rings is 1. The molecule has 0 aliphatic carbocycles. The summed E-state index contributed by atoms with van der Waals surface area (Å²) in [5.74, 6) is 0.968. The van der Waals surface area contributed by atoms with Gasteiger partial charge in [0, 0.05) is 53.9 Å². The lowest BCUT2D eigenvalue weighted by atomic mass is 9.83. The molecule has 2 bridgehead atoms. The first kappa shape index (κ1) is 15.3. The lowest BCUT2D eigenvalue weighted by Crippen LogP contribution is -2.46. The lowest BCUT2D eigenvalue weighted by Gasteiger charge is -2.42. The number of pyridine rings is 1. The van der Waals surface area contributed by atoms with Crippen molar-refractivity contribution in [2.75, 3.05) is 13.1 Å². The van der Waals surface area contributed by atoms with Crippen LogP contribution in [0.3, 0.4) is 0 Å². The van der Waals surface area contributed by atoms with Gasteiger partial charge in [0.15, 0.2) is 0 Å². The molecule has 3 nitrogen and oxygen atoms in total. The minimum Gasteiger partial charge on any atom is -0.312 e. The highest BCUT2D eigenvalue weighted by molar-refractivity contribution is 6.35. The van der Waals surface area contributed by atoms with E-state index in [4.69, 9.17) is 23.2 Å². The molecule has 0 saturated carbocycles. The zero-order valence-corrected chi connectivity index (χ0v) is 14.2. The number of fused-ring (bicyclic) bond motifs is 4. The third-order valence-corrected chi connectivity index (χ3v) is 5.55. The van der Waals surface area contributed by atoms with Gasteiger partial charge < -0.3 is 4.57 Å². The van der Waals surface area contributed by atoms with Crippen molar-refractivity contribution in [3.8, 4) is 0 Å². The average molecular weight is 349 g/mol. The highest BCUT2D eigenvalue weighted by Crippen LogP contribution is 2.36. The first-order valence-corrected chi connectivity index (χ1v) is 8.72. The number of aromatic nitrogens is 1. The largest absolute Gasteiger partial charge is 0.312 e. The van der Waals surface area contributed by atoms with E-state index in [9.17, 15) is 4.79 Å². The number of nitrogens with zero attached hydrogens (tertiary/aromatic N) is 2. The molecule has 5 heteroatoms. The third kappa shape index (κ3) is 2.93. The summed E-state index contributed by atoms with van der Waals surface area (Å²) >= 11 is 12.3. The van der Waals surface area contributed by atoms with E-state index in [-0.39, 0.29) is 5.56 Å². The number of hydrogen-bond donors (Lipinski definition) is 0. The van der Waals surface area contributed by atoms with Crippen LogP contribution in [-0.2, 0) is 13.1 Å². The summed E-state index contributed by atoms with van der Waals surface area (Å²) in [6.07, 6.45) is 1.17. The molecular formula is C18H18Cl2N2O. The van der Waals surface area contributed by atoms with Crippen molar-refractivity contribution < 1.29 is 0 Å². The fourth-order valence-electron chi connectivity index (χ4n) is 4.02. The van der Waals surface area contributed by atoms with Crippen LogP contribution in [0.15, 0.2) is 41.2 Å². The van der Waals surface area contributed by atoms with E-state index in [1.54, 1.807) is 12.1 Å². The fraction of sp³-hybridized carbons (Fsp3) is 0.389. The molecule has 0 radical (unpaired) electrons. The molecule has 3 heterocycles. The Labute approximate surface area is 145 Å². The van der Waals surface area contributed by atoms with Gasteiger partial charge in [0.05, 0.1) is 0 Å². The van der Waals surface area contributed by atoms with E-state index in [0.29, 0.717) is 16.9 Å². The van der Waals surface area contributed by atoms with Gasteiger partial charge in [-0.1, -0.05) is 35.3 Å². The van der Waals surface area contributed by atoms with Crippen molar-refractivity contribution in [2.45, 2.75) is 25.4 Å². The first-order valence-electron chi connectivity index (χ1n) is 7.96. The van der Waals surface area contributed by atoms with Crippen LogP contribution in [0.2, 0.25) is 10.0 Å². The third-order valence-electron chi connectivity index (χ3n) is 4.96. The molecule has 120 valence electrons. The Morgan fingerprint density at radius 2 is 1.96 bits per heavy atom. The molecule has 2 unspecified atom stereocenters. The second-order valence-corrected chi connectivity index (χ2v) is 7.47. The van der Waals surface area contributed by atoms with Crippen LogP contribution in [0.5, 0.6) is 0 Å². The van der Waals surface area contributed by atoms with Crippen molar-refractivity contribution in [1.29, 1.82) is 0 Å². The predicted octanol–water partition coefficient (Wildman–Crippen LogP) is 3.77. The van der Waals surface area contributed by atoms with Crippen LogP contribution in [0.25, 0.3) is 0 Å². The van der Waals surface area contributed by atoms with Crippen LogP contribution >= 0.6 is 23.2 Å². The number of likely N-dealkylation sites (tertiary alicyclic amines) is 1. The van der Waals surface area contributed by atoms with Crippen molar-refractivity contribution in [3.05, 3.63) is 68.1 Å². The highest BCUT2D eigenvalue weighted by Gasteiger charge is 2.34. The van der Waals surface area contributed by atoms with Gasteiger partial charge in [-0.15, -0.1) is 0 Å². The van der Waals surface area contributed by atoms with Crippen molar-refractivity contribution in [2.24, 2.45) is 5.92 Å². The van der Waals surface area contributed by atoms with Crippen LogP contribution < -0.4 is 5.56 Å². The molecule has 2 aliphatic heterocycles. The lowest BCUT2D eigenvalue weighted by molar-refractivity contribution is 0.114. The van der Waals surface area contributed by atoms with Gasteiger partial charge in [0.2, 0.25) is 0 Å². The second-order valence-electron chi connectivity index (χ2n) is 6.63. The smallest absolute Gasteiger partial charge is 0.250 e. The molecule has 1 saturated heterocycles. The summed E-state index contributed by atoms with van der Waals surface area (Å²) in [7, 11) is 0. The SMILES string of the molecule is O=c1cccc2n1CC1CC2CN(Cc2ccc(Cl)cc2Cl)C1. The van der Waals surface area contributed by atoms with Gasteiger partial charge in [0.25, 0.3) is 5.56 Å². The molecule has 0 amide bonds. The quantitative estimate of drug-likeness (QED) is 0.825. The zero-order valence-electron chi connectivity index (χ0n) is 12.7. The van der Waals surface area contributed by atoms with Crippen molar-refractivity contribution >= 4 is 23.2 Å². The van der Waals surface area contributed by atoms with E-state index >= 15 is 0 Å². The molecule has 2 aromatic rings. The summed E-state index contributed by atoms with van der Waals surface area (Å²) < 4.78 is 1.96. The Morgan fingerprint density at radius 1 is 1.09 bits per heavy atom. The molecule has 0 N–H and O–H groups in total. The standard InChI is InChI=1S/C18H18Cl2N2O/c19-15-5-4-13(16(20)7-15)10-21-8-12-6-14(11-21)17-2-1-3-18(23)22(17)9-12/h1-5,7,12,14H,6,8-11H2. The van der Waals surface area contributed by atoms with Gasteiger partial charge >= 0.3 is 0 Å². The minimum atomic E-state index is 0.131. The van der Waals surface area contributed by atoms with E-state index in [2.05, 4.69) is 11.0 Å². The summed E-state index contributed by atoms with van der Waals surface area (Å²) in [5.41, 5.74) is 2.42. The van der Waals surface area contributed by atoms with Crippen LogP contribution in [-0.4, -0.2) is 22.6 Å². The highest BCUT2D eigenvalue weighted by atomic mass is 35.5. The number of rotatable bonds is 2. The zero-order chi connectivity index (χ0) is 16.0. The molecule has 1 aromatic heterocycles. The second kappa shape index (κ2) is 5.97. The van der Waals surface area contributed by atoms with E-state index in [0.717, 1.165) is 36.8 Å². The molecule has 2 atom stereocenters. The predicted molar refractivity (Wildman–Crippen MR) is 93.3 cm³/mol. The van der Waals surface area contributed by atoms with Gasteiger partial charge in [-0.2, -0.15) is 0 Å². The molecular weight excluding hydrogens is 331 g/mol. The summed E-state index contributed by atoms with van der Waals surface area (Å²) in [4.78, 5) is 14.5. The summed E-state index contributed by atoms with van der Waals surface area (Å²) in [6.45, 7) is 3.64. The summed E-state index contributed by atoms with van der Waals surface area (Å²) in [5, 5.41) is 1.40. The topological polar surface area (TPSA) is 25.2 Å². The monoisotopic (exact) mass is 348 g/mol. The Morgan fingerprint density at radius 3 is 2.78 bits per heavy atom. The Balaban J connectivity index is 1.57. The minimum absolute atomic E-state index is 0.131. The van der Waals surface area contributed by atoms with Crippen LogP contribution in [0, 0.1) is 5.92 Å². The van der Waals surface area contributed by atoms with E-state index in [1.807, 2.05) is 22.8 Å². The maximum Gasteiger partial charge on any atom is 0.250 e. The molecule has 23 heavy (non-hydrogen) atoms. The fourth-order valence-corrected chi connectivity index (χ4v) is 4.48. The Hall–Kier alpha value is -1.29. The first-order chi connectivity index (χ1) is 11.1. The number of benzene rings is 1. The number of hydrogen-bond acceptors (Lipinski definition) is 2. The number of halogens is 2. The summed E-state index contributed by atoms with van der Waals surface area (Å²) in [6, 6.07) is 11.3. The maximum absolute atomic E-state index is 12.1.